The third-order valence-electron chi connectivity index (χ3n) is 4.72. The Hall–Kier alpha value is -2.67. The van der Waals surface area contributed by atoms with E-state index < -0.39 is 0 Å². The van der Waals surface area contributed by atoms with Crippen LogP contribution in [0.25, 0.3) is 22.1 Å². The minimum absolute atomic E-state index is 0.104. The maximum atomic E-state index is 12.4. The molecule has 7 nitrogen and oxygen atoms in total. The van der Waals surface area contributed by atoms with E-state index in [1.807, 2.05) is 30.0 Å². The summed E-state index contributed by atoms with van der Waals surface area (Å²) in [6.45, 7) is 7.09. The van der Waals surface area contributed by atoms with E-state index in [0.29, 0.717) is 36.6 Å². The topological polar surface area (TPSA) is 82.4 Å². The van der Waals surface area contributed by atoms with Crippen molar-refractivity contribution in [3.8, 4) is 0 Å². The van der Waals surface area contributed by atoms with Crippen LogP contribution in [-0.4, -0.2) is 51.9 Å². The van der Waals surface area contributed by atoms with Gasteiger partial charge in [0.25, 0.3) is 5.56 Å². The summed E-state index contributed by atoms with van der Waals surface area (Å²) in [7, 11) is 0. The van der Waals surface area contributed by atoms with E-state index in [0.717, 1.165) is 24.0 Å². The minimum atomic E-state index is -0.253. The van der Waals surface area contributed by atoms with Gasteiger partial charge in [-0.3, -0.25) is 14.5 Å². The fraction of sp³-hybridized carbons (Fsp3) is 0.389. The summed E-state index contributed by atoms with van der Waals surface area (Å²) in [6.07, 6.45) is 0. The Morgan fingerprint density at radius 3 is 2.76 bits per heavy atom. The summed E-state index contributed by atoms with van der Waals surface area (Å²) < 4.78 is 5.66. The first-order chi connectivity index (χ1) is 12.0. The number of aryl methyl sites for hydroxylation is 1. The Kier molecular flexibility index (Phi) is 3.80. The van der Waals surface area contributed by atoms with Crippen LogP contribution in [0.5, 0.6) is 0 Å². The molecule has 1 amide bonds. The first-order valence-electron chi connectivity index (χ1n) is 8.41. The number of rotatable bonds is 2. The second-order valence-corrected chi connectivity index (χ2v) is 6.57. The number of furan rings is 1. The van der Waals surface area contributed by atoms with Gasteiger partial charge in [0.1, 0.15) is 16.9 Å². The first kappa shape index (κ1) is 15.8. The highest BCUT2D eigenvalue weighted by Crippen LogP contribution is 2.26. The van der Waals surface area contributed by atoms with Gasteiger partial charge in [-0.25, -0.2) is 4.98 Å². The molecule has 0 aliphatic carbocycles. The number of piperazine rings is 1. The predicted octanol–water partition coefficient (Wildman–Crippen LogP) is 1.64. The van der Waals surface area contributed by atoms with Crippen LogP contribution in [0.1, 0.15) is 18.3 Å². The number of nitrogens with one attached hydrogen (secondary N) is 1. The van der Waals surface area contributed by atoms with Gasteiger partial charge in [-0.05, 0) is 19.1 Å². The molecule has 2 aromatic heterocycles. The van der Waals surface area contributed by atoms with E-state index in [9.17, 15) is 9.59 Å². The molecule has 1 N–H and O–H groups in total. The zero-order chi connectivity index (χ0) is 17.6. The molecule has 1 aliphatic rings. The van der Waals surface area contributed by atoms with E-state index in [2.05, 4.69) is 14.9 Å². The molecule has 0 spiro atoms. The molecule has 0 unspecified atom stereocenters. The smallest absolute Gasteiger partial charge is 0.294 e. The van der Waals surface area contributed by atoms with E-state index in [4.69, 9.17) is 4.42 Å². The van der Waals surface area contributed by atoms with Crippen molar-refractivity contribution in [2.45, 2.75) is 20.4 Å². The van der Waals surface area contributed by atoms with E-state index in [1.165, 1.54) is 0 Å². The summed E-state index contributed by atoms with van der Waals surface area (Å²) in [4.78, 5) is 35.3. The van der Waals surface area contributed by atoms with Crippen LogP contribution in [-0.2, 0) is 11.3 Å². The highest BCUT2D eigenvalue weighted by Gasteiger charge is 2.20. The molecule has 0 saturated carbocycles. The standard InChI is InChI=1S/C18H20N4O3/c1-11-3-4-14-13(9-11)16-17(25-14)18(24)20-15(19-16)10-21-5-7-22(8-6-21)12(2)23/h3-4,9H,5-8,10H2,1-2H3,(H,19,20,24). The number of carbonyl (C=O) groups excluding carboxylic acids is 1. The van der Waals surface area contributed by atoms with Crippen molar-refractivity contribution in [1.29, 1.82) is 0 Å². The summed E-state index contributed by atoms with van der Waals surface area (Å²) in [5.41, 5.74) is 2.40. The van der Waals surface area contributed by atoms with Gasteiger partial charge in [-0.15, -0.1) is 0 Å². The molecule has 0 radical (unpaired) electrons. The Morgan fingerprint density at radius 1 is 1.28 bits per heavy atom. The third-order valence-corrected chi connectivity index (χ3v) is 4.72. The van der Waals surface area contributed by atoms with Crippen LogP contribution in [0.3, 0.4) is 0 Å². The van der Waals surface area contributed by atoms with Gasteiger partial charge in [-0.1, -0.05) is 11.6 Å². The molecular weight excluding hydrogens is 320 g/mol. The number of hydrogen-bond acceptors (Lipinski definition) is 5. The highest BCUT2D eigenvalue weighted by atomic mass is 16.3. The molecule has 3 heterocycles. The average molecular weight is 340 g/mol. The molecule has 4 rings (SSSR count). The van der Waals surface area contributed by atoms with Gasteiger partial charge in [-0.2, -0.15) is 0 Å². The molecule has 1 aromatic carbocycles. The minimum Gasteiger partial charge on any atom is -0.449 e. The normalized spacial score (nSPS) is 16.0. The lowest BCUT2D eigenvalue weighted by atomic mass is 10.2. The Bertz CT molecular complexity index is 1010. The second-order valence-electron chi connectivity index (χ2n) is 6.57. The van der Waals surface area contributed by atoms with Crippen molar-refractivity contribution in [2.24, 2.45) is 0 Å². The molecule has 3 aromatic rings. The number of H-pyrrole nitrogens is 1. The van der Waals surface area contributed by atoms with E-state index in [-0.39, 0.29) is 17.0 Å². The number of carbonyl (C=O) groups is 1. The number of aromatic nitrogens is 2. The quantitative estimate of drug-likeness (QED) is 0.767. The maximum absolute atomic E-state index is 12.4. The molecule has 0 atom stereocenters. The number of amides is 1. The maximum Gasteiger partial charge on any atom is 0.294 e. The average Bonchev–Trinajstić information content (AvgIpc) is 2.94. The molecular formula is C18H20N4O3. The number of benzene rings is 1. The Labute approximate surface area is 144 Å². The van der Waals surface area contributed by atoms with Crippen molar-refractivity contribution >= 4 is 28.0 Å². The summed E-state index contributed by atoms with van der Waals surface area (Å²) >= 11 is 0. The molecule has 25 heavy (non-hydrogen) atoms. The van der Waals surface area contributed by atoms with E-state index in [1.54, 1.807) is 6.92 Å². The molecule has 0 bridgehead atoms. The zero-order valence-corrected chi connectivity index (χ0v) is 14.3. The van der Waals surface area contributed by atoms with Crippen molar-refractivity contribution < 1.29 is 9.21 Å². The van der Waals surface area contributed by atoms with Crippen LogP contribution in [0, 0.1) is 6.92 Å². The fourth-order valence-corrected chi connectivity index (χ4v) is 3.32. The fourth-order valence-electron chi connectivity index (χ4n) is 3.32. The van der Waals surface area contributed by atoms with E-state index >= 15 is 0 Å². The third kappa shape index (κ3) is 2.91. The van der Waals surface area contributed by atoms with Crippen LogP contribution >= 0.6 is 0 Å². The number of aromatic amines is 1. The lowest BCUT2D eigenvalue weighted by Gasteiger charge is -2.33. The largest absolute Gasteiger partial charge is 0.449 e. The van der Waals surface area contributed by atoms with Crippen LogP contribution in [0.2, 0.25) is 0 Å². The van der Waals surface area contributed by atoms with Crippen molar-refractivity contribution in [1.82, 2.24) is 19.8 Å². The SMILES string of the molecule is CC(=O)N1CCN(Cc2nc3c(oc4ccc(C)cc43)c(=O)[nH]2)CC1. The van der Waals surface area contributed by atoms with Crippen molar-refractivity contribution in [2.75, 3.05) is 26.2 Å². The molecule has 1 saturated heterocycles. The van der Waals surface area contributed by atoms with Crippen LogP contribution < -0.4 is 5.56 Å². The Morgan fingerprint density at radius 2 is 2.04 bits per heavy atom. The first-order valence-corrected chi connectivity index (χ1v) is 8.41. The molecule has 1 fully saturated rings. The molecule has 1 aliphatic heterocycles. The van der Waals surface area contributed by atoms with Gasteiger partial charge < -0.3 is 14.3 Å². The van der Waals surface area contributed by atoms with Gasteiger partial charge in [0, 0.05) is 38.5 Å². The van der Waals surface area contributed by atoms with Crippen LogP contribution in [0.4, 0.5) is 0 Å². The Balaban J connectivity index is 1.64. The van der Waals surface area contributed by atoms with Gasteiger partial charge in [0.2, 0.25) is 11.5 Å². The number of hydrogen-bond donors (Lipinski definition) is 1. The summed E-state index contributed by atoms with van der Waals surface area (Å²) in [5.74, 6) is 0.728. The molecule has 7 heteroatoms. The van der Waals surface area contributed by atoms with Gasteiger partial charge in [0.05, 0.1) is 6.54 Å². The lowest BCUT2D eigenvalue weighted by Crippen LogP contribution is -2.47. The second kappa shape index (κ2) is 6.00. The lowest BCUT2D eigenvalue weighted by molar-refractivity contribution is -0.130. The monoisotopic (exact) mass is 340 g/mol. The predicted molar refractivity (Wildman–Crippen MR) is 94.4 cm³/mol. The van der Waals surface area contributed by atoms with Gasteiger partial charge in [0.15, 0.2) is 0 Å². The summed E-state index contributed by atoms with van der Waals surface area (Å²) in [6, 6.07) is 5.81. The van der Waals surface area contributed by atoms with Crippen LogP contribution in [0.15, 0.2) is 27.4 Å². The number of nitrogens with zero attached hydrogens (tertiary/aromatic N) is 3. The van der Waals surface area contributed by atoms with Gasteiger partial charge >= 0.3 is 0 Å². The number of fused-ring (bicyclic) bond motifs is 3. The highest BCUT2D eigenvalue weighted by molar-refractivity contribution is 6.02. The van der Waals surface area contributed by atoms with Crippen molar-refractivity contribution in [3.05, 3.63) is 39.9 Å². The zero-order valence-electron chi connectivity index (χ0n) is 14.3. The van der Waals surface area contributed by atoms with Crippen molar-refractivity contribution in [3.63, 3.8) is 0 Å². The summed E-state index contributed by atoms with van der Waals surface area (Å²) in [5, 5.41) is 0.865. The molecule has 130 valence electrons.